The Kier molecular flexibility index (Phi) is 4.92. The van der Waals surface area contributed by atoms with E-state index in [9.17, 15) is 0 Å². The van der Waals surface area contributed by atoms with Crippen LogP contribution in [-0.2, 0) is 0 Å². The molecule has 112 valence electrons. The fourth-order valence-electron chi connectivity index (χ4n) is 3.25. The summed E-state index contributed by atoms with van der Waals surface area (Å²) in [5.41, 5.74) is 7.25. The summed E-state index contributed by atoms with van der Waals surface area (Å²) in [6.07, 6.45) is 4.85. The van der Waals surface area contributed by atoms with Crippen LogP contribution in [0.4, 0.5) is 5.69 Å². The molecule has 0 heterocycles. The predicted octanol–water partition coefficient (Wildman–Crippen LogP) is 3.65. The van der Waals surface area contributed by atoms with Crippen LogP contribution in [-0.4, -0.2) is 19.2 Å². The van der Waals surface area contributed by atoms with Gasteiger partial charge in [0.25, 0.3) is 0 Å². The average molecular weight is 276 g/mol. The van der Waals surface area contributed by atoms with Crippen molar-refractivity contribution < 1.29 is 4.74 Å². The third-order valence-corrected chi connectivity index (χ3v) is 4.80. The minimum Gasteiger partial charge on any atom is -0.497 e. The van der Waals surface area contributed by atoms with Crippen molar-refractivity contribution in [2.75, 3.05) is 19.0 Å². The molecule has 0 atom stereocenters. The van der Waals surface area contributed by atoms with E-state index >= 15 is 0 Å². The number of rotatable bonds is 5. The van der Waals surface area contributed by atoms with Gasteiger partial charge in [-0.3, -0.25) is 0 Å². The highest BCUT2D eigenvalue weighted by Crippen LogP contribution is 2.37. The lowest BCUT2D eigenvalue weighted by Crippen LogP contribution is -2.48. The maximum atomic E-state index is 6.08. The van der Waals surface area contributed by atoms with Crippen LogP contribution in [0, 0.1) is 11.8 Å². The summed E-state index contributed by atoms with van der Waals surface area (Å²) >= 11 is 0. The Labute approximate surface area is 122 Å². The Hall–Kier alpha value is -1.22. The third kappa shape index (κ3) is 3.45. The lowest BCUT2D eigenvalue weighted by molar-refractivity contribution is 0.213. The second-order valence-corrected chi connectivity index (χ2v) is 6.42. The lowest BCUT2D eigenvalue weighted by atomic mass is 9.72. The number of methoxy groups -OCH3 is 1. The van der Waals surface area contributed by atoms with E-state index in [-0.39, 0.29) is 5.54 Å². The summed E-state index contributed by atoms with van der Waals surface area (Å²) in [7, 11) is 1.70. The van der Waals surface area contributed by atoms with Crippen LogP contribution in [0.5, 0.6) is 5.75 Å². The Bertz CT molecular complexity index is 423. The van der Waals surface area contributed by atoms with Crippen LogP contribution in [0.2, 0.25) is 0 Å². The molecule has 2 rings (SSSR count). The first-order valence-corrected chi connectivity index (χ1v) is 7.71. The fourth-order valence-corrected chi connectivity index (χ4v) is 3.25. The van der Waals surface area contributed by atoms with Gasteiger partial charge in [-0.15, -0.1) is 0 Å². The van der Waals surface area contributed by atoms with E-state index in [1.807, 2.05) is 18.2 Å². The van der Waals surface area contributed by atoms with E-state index in [2.05, 4.69) is 25.2 Å². The smallest absolute Gasteiger partial charge is 0.120 e. The van der Waals surface area contributed by atoms with Gasteiger partial charge in [-0.2, -0.15) is 0 Å². The summed E-state index contributed by atoms with van der Waals surface area (Å²) in [5, 5.41) is 3.67. The van der Waals surface area contributed by atoms with Gasteiger partial charge in [0.15, 0.2) is 0 Å². The Balaban J connectivity index is 2.05. The van der Waals surface area contributed by atoms with Crippen molar-refractivity contribution in [3.63, 3.8) is 0 Å². The van der Waals surface area contributed by atoms with Crippen LogP contribution in [0.15, 0.2) is 24.3 Å². The molecule has 0 saturated heterocycles. The van der Waals surface area contributed by atoms with E-state index in [0.717, 1.165) is 36.1 Å². The number of anilines is 1. The lowest BCUT2D eigenvalue weighted by Gasteiger charge is -2.42. The number of ether oxygens (including phenoxy) is 1. The van der Waals surface area contributed by atoms with Gasteiger partial charge >= 0.3 is 0 Å². The van der Waals surface area contributed by atoms with E-state index < -0.39 is 0 Å². The first-order chi connectivity index (χ1) is 9.58. The van der Waals surface area contributed by atoms with E-state index in [4.69, 9.17) is 10.5 Å². The molecule has 0 radical (unpaired) electrons. The largest absolute Gasteiger partial charge is 0.497 e. The topological polar surface area (TPSA) is 47.3 Å². The number of hydrogen-bond donors (Lipinski definition) is 2. The summed E-state index contributed by atoms with van der Waals surface area (Å²) in [5.74, 6) is 2.52. The molecule has 3 N–H and O–H groups in total. The minimum atomic E-state index is 0.0533. The van der Waals surface area contributed by atoms with Gasteiger partial charge in [-0.1, -0.05) is 19.9 Å². The molecule has 0 aliphatic heterocycles. The van der Waals surface area contributed by atoms with Crippen LogP contribution >= 0.6 is 0 Å². The first-order valence-electron chi connectivity index (χ1n) is 7.71. The molecule has 20 heavy (non-hydrogen) atoms. The van der Waals surface area contributed by atoms with Crippen molar-refractivity contribution in [1.29, 1.82) is 0 Å². The zero-order valence-electron chi connectivity index (χ0n) is 13.0. The zero-order chi connectivity index (χ0) is 14.6. The van der Waals surface area contributed by atoms with Crippen molar-refractivity contribution in [3.05, 3.63) is 24.3 Å². The molecule has 0 amide bonds. The van der Waals surface area contributed by atoms with Crippen molar-refractivity contribution in [2.24, 2.45) is 17.6 Å². The second-order valence-electron chi connectivity index (χ2n) is 6.42. The molecule has 0 spiro atoms. The number of nitrogens with one attached hydrogen (secondary N) is 1. The number of benzene rings is 1. The summed E-state index contributed by atoms with van der Waals surface area (Å²) in [4.78, 5) is 0. The van der Waals surface area contributed by atoms with Crippen LogP contribution in [0.1, 0.15) is 39.5 Å². The fraction of sp³-hybridized carbons (Fsp3) is 0.647. The van der Waals surface area contributed by atoms with Crippen molar-refractivity contribution in [3.8, 4) is 5.75 Å². The molecular weight excluding hydrogens is 248 g/mol. The van der Waals surface area contributed by atoms with Gasteiger partial charge in [-0.25, -0.2) is 0 Å². The molecule has 3 nitrogen and oxygen atoms in total. The zero-order valence-corrected chi connectivity index (χ0v) is 13.0. The molecule has 1 aromatic rings. The summed E-state index contributed by atoms with van der Waals surface area (Å²) < 4.78 is 5.29. The Morgan fingerprint density at radius 3 is 2.60 bits per heavy atom. The normalized spacial score (nSPS) is 26.6. The van der Waals surface area contributed by atoms with Gasteiger partial charge in [0.1, 0.15) is 5.75 Å². The van der Waals surface area contributed by atoms with Gasteiger partial charge < -0.3 is 15.8 Å². The maximum absolute atomic E-state index is 6.08. The van der Waals surface area contributed by atoms with Gasteiger partial charge in [0.2, 0.25) is 0 Å². The van der Waals surface area contributed by atoms with Crippen LogP contribution in [0.3, 0.4) is 0 Å². The molecule has 1 fully saturated rings. The molecule has 0 bridgehead atoms. The highest BCUT2D eigenvalue weighted by atomic mass is 16.5. The molecule has 0 aromatic heterocycles. The van der Waals surface area contributed by atoms with Gasteiger partial charge in [0, 0.05) is 23.8 Å². The third-order valence-electron chi connectivity index (χ3n) is 4.80. The molecule has 1 aliphatic carbocycles. The molecule has 1 aliphatic rings. The van der Waals surface area contributed by atoms with E-state index in [1.165, 1.54) is 12.8 Å². The average Bonchev–Trinajstić information content (AvgIpc) is 2.48. The first kappa shape index (κ1) is 15.2. The monoisotopic (exact) mass is 276 g/mol. The molecule has 0 unspecified atom stereocenters. The van der Waals surface area contributed by atoms with Crippen LogP contribution < -0.4 is 15.8 Å². The van der Waals surface area contributed by atoms with Gasteiger partial charge in [0.05, 0.1) is 7.11 Å². The maximum Gasteiger partial charge on any atom is 0.120 e. The van der Waals surface area contributed by atoms with Crippen molar-refractivity contribution in [1.82, 2.24) is 0 Å². The minimum absolute atomic E-state index is 0.0533. The molecule has 3 heteroatoms. The van der Waals surface area contributed by atoms with Gasteiger partial charge in [-0.05, 0) is 49.7 Å². The Morgan fingerprint density at radius 2 is 2.05 bits per heavy atom. The van der Waals surface area contributed by atoms with Crippen molar-refractivity contribution in [2.45, 2.75) is 45.1 Å². The standard InChI is InChI=1S/C17H28N2O/c1-13(2)14-7-9-17(12-18,10-8-14)19-15-5-4-6-16(11-15)20-3/h4-6,11,13-14,19H,7-10,12,18H2,1-3H3. The SMILES string of the molecule is COc1cccc(NC2(CN)CCC(C(C)C)CC2)c1. The summed E-state index contributed by atoms with van der Waals surface area (Å²) in [6.45, 7) is 5.35. The van der Waals surface area contributed by atoms with Crippen molar-refractivity contribution >= 4 is 5.69 Å². The molecule has 1 saturated carbocycles. The van der Waals surface area contributed by atoms with Crippen LogP contribution in [0.25, 0.3) is 0 Å². The summed E-state index contributed by atoms with van der Waals surface area (Å²) in [6, 6.07) is 8.13. The van der Waals surface area contributed by atoms with E-state index in [0.29, 0.717) is 6.54 Å². The number of hydrogen-bond acceptors (Lipinski definition) is 3. The highest BCUT2D eigenvalue weighted by Gasteiger charge is 2.34. The highest BCUT2D eigenvalue weighted by molar-refractivity contribution is 5.50. The quantitative estimate of drug-likeness (QED) is 0.863. The Morgan fingerprint density at radius 1 is 1.35 bits per heavy atom. The molecular formula is C17H28N2O. The molecule has 1 aromatic carbocycles. The second kappa shape index (κ2) is 6.49. The number of nitrogens with two attached hydrogens (primary N) is 1. The van der Waals surface area contributed by atoms with E-state index in [1.54, 1.807) is 7.11 Å². The predicted molar refractivity (Wildman–Crippen MR) is 85.2 cm³/mol.